The normalized spacial score (nSPS) is 10.1. The molecule has 0 bridgehead atoms. The molecule has 0 unspecified atom stereocenters. The lowest BCUT2D eigenvalue weighted by molar-refractivity contribution is 0.0685. The number of hydrogen-bond acceptors (Lipinski definition) is 7. The van der Waals surface area contributed by atoms with Gasteiger partial charge in [0.15, 0.2) is 0 Å². The fourth-order valence-corrected chi connectivity index (χ4v) is 0.915. The van der Waals surface area contributed by atoms with Crippen molar-refractivity contribution in [3.8, 4) is 0 Å². The highest BCUT2D eigenvalue weighted by molar-refractivity contribution is 5.90. The second-order valence-electron chi connectivity index (χ2n) is 2.54. The van der Waals surface area contributed by atoms with Crippen molar-refractivity contribution in [3.63, 3.8) is 0 Å². The maximum absolute atomic E-state index is 10.6. The van der Waals surface area contributed by atoms with Gasteiger partial charge >= 0.3 is 5.97 Å². The number of carbonyl (C=O) groups is 1. The third-order valence-corrected chi connectivity index (χ3v) is 1.57. The zero-order valence-corrected chi connectivity index (χ0v) is 7.36. The summed E-state index contributed by atoms with van der Waals surface area (Å²) in [6.45, 7) is 0.231. The third-order valence-electron chi connectivity index (χ3n) is 1.57. The molecule has 0 saturated carbocycles. The summed E-state index contributed by atoms with van der Waals surface area (Å²) in [5, 5.41) is 21.8. The monoisotopic (exact) mass is 210 g/mol. The van der Waals surface area contributed by atoms with E-state index in [0.29, 0.717) is 0 Å². The molecule has 0 aliphatic rings. The standard InChI is InChI=1S/C6H6N6O3/c13-6(14)4-5(11-15-10-4)8-3-12-2-7-1-9-12/h1-2H,3H2,(H,8,11)(H,13,14). The van der Waals surface area contributed by atoms with E-state index >= 15 is 0 Å². The molecule has 0 saturated heterocycles. The number of hydrogen-bond donors (Lipinski definition) is 2. The van der Waals surface area contributed by atoms with Gasteiger partial charge in [0.1, 0.15) is 19.3 Å². The number of nitrogens with zero attached hydrogens (tertiary/aromatic N) is 5. The van der Waals surface area contributed by atoms with Crippen LogP contribution in [-0.2, 0) is 6.67 Å². The van der Waals surface area contributed by atoms with Crippen LogP contribution in [0.15, 0.2) is 17.3 Å². The Morgan fingerprint density at radius 1 is 1.60 bits per heavy atom. The van der Waals surface area contributed by atoms with E-state index in [9.17, 15) is 4.79 Å². The molecule has 9 nitrogen and oxygen atoms in total. The predicted octanol–water partition coefficient (Wildman–Crippen LogP) is -0.571. The predicted molar refractivity (Wildman–Crippen MR) is 44.9 cm³/mol. The van der Waals surface area contributed by atoms with Crippen molar-refractivity contribution in [2.45, 2.75) is 6.67 Å². The van der Waals surface area contributed by atoms with Crippen molar-refractivity contribution in [2.75, 3.05) is 5.32 Å². The number of aromatic nitrogens is 5. The Kier molecular flexibility index (Phi) is 2.27. The summed E-state index contributed by atoms with van der Waals surface area (Å²) < 4.78 is 5.75. The van der Waals surface area contributed by atoms with E-state index in [1.54, 1.807) is 0 Å². The van der Waals surface area contributed by atoms with Crippen molar-refractivity contribution in [3.05, 3.63) is 18.3 Å². The molecule has 2 aromatic rings. The first-order chi connectivity index (χ1) is 7.27. The molecule has 0 spiro atoms. The second kappa shape index (κ2) is 3.74. The molecule has 2 rings (SSSR count). The molecule has 0 amide bonds. The molecule has 2 aromatic heterocycles. The van der Waals surface area contributed by atoms with Crippen LogP contribution < -0.4 is 5.32 Å². The Balaban J connectivity index is 2.05. The van der Waals surface area contributed by atoms with Crippen LogP contribution in [0.4, 0.5) is 5.82 Å². The van der Waals surface area contributed by atoms with Crippen molar-refractivity contribution in [1.82, 2.24) is 25.1 Å². The second-order valence-corrected chi connectivity index (χ2v) is 2.54. The maximum atomic E-state index is 10.6. The summed E-state index contributed by atoms with van der Waals surface area (Å²) in [6, 6.07) is 0. The van der Waals surface area contributed by atoms with Crippen LogP contribution in [0.2, 0.25) is 0 Å². The van der Waals surface area contributed by atoms with Gasteiger partial charge in [-0.1, -0.05) is 0 Å². The van der Waals surface area contributed by atoms with Gasteiger partial charge in [-0.15, -0.1) is 0 Å². The van der Waals surface area contributed by atoms with Crippen LogP contribution in [0.25, 0.3) is 0 Å². The Morgan fingerprint density at radius 2 is 2.47 bits per heavy atom. The molecule has 0 aromatic carbocycles. The van der Waals surface area contributed by atoms with Crippen LogP contribution in [0, 0.1) is 0 Å². The number of anilines is 1. The molecule has 0 atom stereocenters. The smallest absolute Gasteiger partial charge is 0.362 e. The van der Waals surface area contributed by atoms with E-state index in [4.69, 9.17) is 5.11 Å². The number of carboxylic acids is 1. The number of nitrogens with one attached hydrogen (secondary N) is 1. The summed E-state index contributed by atoms with van der Waals surface area (Å²) in [5.41, 5.74) is -0.268. The largest absolute Gasteiger partial charge is 0.476 e. The molecule has 9 heteroatoms. The van der Waals surface area contributed by atoms with Gasteiger partial charge in [0.25, 0.3) is 0 Å². The maximum Gasteiger partial charge on any atom is 0.362 e. The van der Waals surface area contributed by atoms with Crippen LogP contribution in [-0.4, -0.2) is 36.2 Å². The van der Waals surface area contributed by atoms with Crippen molar-refractivity contribution < 1.29 is 14.5 Å². The van der Waals surface area contributed by atoms with Gasteiger partial charge in [-0.2, -0.15) is 5.10 Å². The fourth-order valence-electron chi connectivity index (χ4n) is 0.915. The molecule has 15 heavy (non-hydrogen) atoms. The lowest BCUT2D eigenvalue weighted by Crippen LogP contribution is -2.11. The van der Waals surface area contributed by atoms with E-state index in [0.717, 1.165) is 0 Å². The average molecular weight is 210 g/mol. The van der Waals surface area contributed by atoms with E-state index in [-0.39, 0.29) is 18.2 Å². The minimum Gasteiger partial charge on any atom is -0.476 e. The van der Waals surface area contributed by atoms with Gasteiger partial charge in [0.2, 0.25) is 11.5 Å². The van der Waals surface area contributed by atoms with E-state index < -0.39 is 5.97 Å². The zero-order chi connectivity index (χ0) is 10.7. The van der Waals surface area contributed by atoms with Crippen LogP contribution in [0.3, 0.4) is 0 Å². The van der Waals surface area contributed by atoms with Crippen molar-refractivity contribution in [1.29, 1.82) is 0 Å². The zero-order valence-electron chi connectivity index (χ0n) is 7.36. The topological polar surface area (TPSA) is 119 Å². The summed E-state index contributed by atoms with van der Waals surface area (Å²) >= 11 is 0. The first-order valence-electron chi connectivity index (χ1n) is 3.89. The molecule has 0 aliphatic heterocycles. The molecule has 2 heterocycles. The SMILES string of the molecule is O=C(O)c1nonc1NCn1cncn1. The average Bonchev–Trinajstić information content (AvgIpc) is 2.86. The Hall–Kier alpha value is -2.45. The summed E-state index contributed by atoms with van der Waals surface area (Å²) in [4.78, 5) is 14.3. The first kappa shape index (κ1) is 9.12. The summed E-state index contributed by atoms with van der Waals surface area (Å²) in [5.74, 6) is -1.16. The van der Waals surface area contributed by atoms with Gasteiger partial charge in [-0.05, 0) is 10.3 Å². The minimum atomic E-state index is -1.21. The highest BCUT2D eigenvalue weighted by Crippen LogP contribution is 2.08. The van der Waals surface area contributed by atoms with Gasteiger partial charge in [0.05, 0.1) is 0 Å². The van der Waals surface area contributed by atoms with Gasteiger partial charge in [0, 0.05) is 0 Å². The van der Waals surface area contributed by atoms with Crippen molar-refractivity contribution in [2.24, 2.45) is 0 Å². The van der Waals surface area contributed by atoms with Crippen molar-refractivity contribution >= 4 is 11.8 Å². The molecule has 0 radical (unpaired) electrons. The molecule has 0 fully saturated rings. The summed E-state index contributed by atoms with van der Waals surface area (Å²) in [6.07, 6.45) is 2.84. The van der Waals surface area contributed by atoms with Gasteiger partial charge in [-0.25, -0.2) is 19.1 Å². The lowest BCUT2D eigenvalue weighted by atomic mass is 10.4. The first-order valence-corrected chi connectivity index (χ1v) is 3.89. The number of rotatable bonds is 4. The Morgan fingerprint density at radius 3 is 3.13 bits per heavy atom. The van der Waals surface area contributed by atoms with E-state index in [2.05, 4.69) is 30.3 Å². The highest BCUT2D eigenvalue weighted by Gasteiger charge is 2.16. The number of carboxylic acid groups (broad SMARTS) is 1. The van der Waals surface area contributed by atoms with E-state index in [1.807, 2.05) is 0 Å². The molecule has 78 valence electrons. The van der Waals surface area contributed by atoms with Gasteiger partial charge < -0.3 is 10.4 Å². The lowest BCUT2D eigenvalue weighted by Gasteiger charge is -2.00. The Labute approximate surface area is 82.7 Å². The fraction of sp³-hybridized carbons (Fsp3) is 0.167. The highest BCUT2D eigenvalue weighted by atomic mass is 16.6. The van der Waals surface area contributed by atoms with Crippen LogP contribution in [0.5, 0.6) is 0 Å². The Bertz CT molecular complexity index is 449. The molecular weight excluding hydrogens is 204 g/mol. The summed E-state index contributed by atoms with van der Waals surface area (Å²) in [7, 11) is 0. The molecular formula is C6H6N6O3. The minimum absolute atomic E-state index is 0.0537. The quantitative estimate of drug-likeness (QED) is 0.688. The van der Waals surface area contributed by atoms with Gasteiger partial charge in [-0.3, -0.25) is 0 Å². The molecule has 0 aliphatic carbocycles. The third kappa shape index (κ3) is 1.90. The van der Waals surface area contributed by atoms with Crippen LogP contribution >= 0.6 is 0 Å². The van der Waals surface area contributed by atoms with E-state index in [1.165, 1.54) is 17.3 Å². The number of aromatic carboxylic acids is 1. The molecule has 2 N–H and O–H groups in total. The van der Waals surface area contributed by atoms with Crippen LogP contribution in [0.1, 0.15) is 10.5 Å².